The van der Waals surface area contributed by atoms with Crippen molar-refractivity contribution in [3.63, 3.8) is 0 Å². The zero-order valence-corrected chi connectivity index (χ0v) is 16.3. The molecule has 0 atom stereocenters. The molecule has 0 aliphatic carbocycles. The van der Waals surface area contributed by atoms with Gasteiger partial charge in [-0.3, -0.25) is 9.36 Å². The van der Waals surface area contributed by atoms with Gasteiger partial charge in [-0.2, -0.15) is 0 Å². The molecule has 0 bridgehead atoms. The number of hydrogen-bond donors (Lipinski definition) is 0. The second-order valence-electron chi connectivity index (χ2n) is 5.58. The van der Waals surface area contributed by atoms with Gasteiger partial charge < -0.3 is 0 Å². The lowest BCUT2D eigenvalue weighted by Gasteiger charge is -2.08. The van der Waals surface area contributed by atoms with Gasteiger partial charge in [-0.15, -0.1) is 10.2 Å². The molecule has 128 valence electrons. The lowest BCUT2D eigenvalue weighted by molar-refractivity contribution is 0.0982. The number of ketones is 1. The molecule has 6 heteroatoms. The molecule has 3 aromatic rings. The van der Waals surface area contributed by atoms with Crippen LogP contribution in [0.2, 0.25) is 0 Å². The number of thioether (sulfide) groups is 1. The first-order valence-corrected chi connectivity index (χ1v) is 9.82. The summed E-state index contributed by atoms with van der Waals surface area (Å²) in [5.41, 5.74) is 1.81. The maximum absolute atomic E-state index is 12.2. The second-order valence-corrected chi connectivity index (χ2v) is 7.56. The van der Waals surface area contributed by atoms with Crippen LogP contribution in [0.3, 0.4) is 0 Å². The summed E-state index contributed by atoms with van der Waals surface area (Å²) in [6.07, 6.45) is 1.34. The molecule has 2 aromatic carbocycles. The van der Waals surface area contributed by atoms with Crippen molar-refractivity contribution < 1.29 is 4.79 Å². The Hall–Kier alpha value is -1.92. The number of hydrogen-bond acceptors (Lipinski definition) is 4. The van der Waals surface area contributed by atoms with Gasteiger partial charge in [0.15, 0.2) is 10.9 Å². The highest BCUT2D eigenvalue weighted by atomic mass is 79.9. The summed E-state index contributed by atoms with van der Waals surface area (Å²) in [6.45, 7) is 1.95. The normalized spacial score (nSPS) is 10.8. The van der Waals surface area contributed by atoms with Crippen molar-refractivity contribution in [2.75, 3.05) is 5.75 Å². The van der Waals surface area contributed by atoms with Gasteiger partial charge >= 0.3 is 0 Å². The number of aryl methyl sites for hydroxylation is 1. The molecule has 0 aliphatic heterocycles. The standard InChI is InChI=1S/C19H18BrN3OS/c1-14-21-22-19(23(14)17-6-3-2-4-7-17)25-13-5-8-18(24)15-9-11-16(20)12-10-15/h2-4,6-7,9-12H,5,8,13H2,1H3. The first-order valence-electron chi connectivity index (χ1n) is 8.04. The van der Waals surface area contributed by atoms with Crippen LogP contribution in [0, 0.1) is 6.92 Å². The quantitative estimate of drug-likeness (QED) is 0.306. The van der Waals surface area contributed by atoms with Crippen LogP contribution in [0.5, 0.6) is 0 Å². The molecule has 0 N–H and O–H groups in total. The number of nitrogens with zero attached hydrogens (tertiary/aromatic N) is 3. The summed E-state index contributed by atoms with van der Waals surface area (Å²) < 4.78 is 3.02. The van der Waals surface area contributed by atoms with E-state index in [4.69, 9.17) is 0 Å². The van der Waals surface area contributed by atoms with Crippen LogP contribution in [0.1, 0.15) is 29.0 Å². The molecular weight excluding hydrogens is 398 g/mol. The lowest BCUT2D eigenvalue weighted by Crippen LogP contribution is -2.01. The summed E-state index contributed by atoms with van der Waals surface area (Å²) >= 11 is 5.01. The number of carbonyl (C=O) groups is 1. The fourth-order valence-electron chi connectivity index (χ4n) is 2.49. The van der Waals surface area contributed by atoms with E-state index in [-0.39, 0.29) is 5.78 Å². The second kappa shape index (κ2) is 8.45. The lowest BCUT2D eigenvalue weighted by atomic mass is 10.1. The Morgan fingerprint density at radius 1 is 1.08 bits per heavy atom. The third-order valence-electron chi connectivity index (χ3n) is 3.76. The molecule has 0 aliphatic rings. The van der Waals surface area contributed by atoms with Crippen LogP contribution in [-0.2, 0) is 0 Å². The molecule has 0 unspecified atom stereocenters. The zero-order chi connectivity index (χ0) is 17.6. The molecule has 0 fully saturated rings. The largest absolute Gasteiger partial charge is 0.294 e. The van der Waals surface area contributed by atoms with Gasteiger partial charge in [-0.25, -0.2) is 0 Å². The van der Waals surface area contributed by atoms with Crippen molar-refractivity contribution in [3.8, 4) is 5.69 Å². The van der Waals surface area contributed by atoms with Gasteiger partial charge in [0.1, 0.15) is 5.82 Å². The minimum atomic E-state index is 0.175. The van der Waals surface area contributed by atoms with Crippen molar-refractivity contribution in [1.29, 1.82) is 0 Å². The van der Waals surface area contributed by atoms with E-state index in [0.29, 0.717) is 6.42 Å². The summed E-state index contributed by atoms with van der Waals surface area (Å²) in [4.78, 5) is 12.2. The molecule has 3 rings (SSSR count). The molecule has 1 heterocycles. The van der Waals surface area contributed by atoms with E-state index in [2.05, 4.69) is 26.1 Å². The molecule has 25 heavy (non-hydrogen) atoms. The van der Waals surface area contributed by atoms with Crippen molar-refractivity contribution in [2.24, 2.45) is 0 Å². The Morgan fingerprint density at radius 2 is 1.80 bits per heavy atom. The Kier molecular flexibility index (Phi) is 6.04. The highest BCUT2D eigenvalue weighted by Gasteiger charge is 2.11. The van der Waals surface area contributed by atoms with Crippen LogP contribution in [0.15, 0.2) is 64.2 Å². The Labute approximate surface area is 159 Å². The van der Waals surface area contributed by atoms with E-state index < -0.39 is 0 Å². The summed E-state index contributed by atoms with van der Waals surface area (Å²) in [6, 6.07) is 17.6. The first kappa shape index (κ1) is 17.9. The monoisotopic (exact) mass is 415 g/mol. The molecule has 0 saturated carbocycles. The average Bonchev–Trinajstić information content (AvgIpc) is 3.00. The van der Waals surface area contributed by atoms with E-state index in [9.17, 15) is 4.79 Å². The van der Waals surface area contributed by atoms with E-state index in [1.54, 1.807) is 11.8 Å². The van der Waals surface area contributed by atoms with Gasteiger partial charge in [-0.05, 0) is 37.6 Å². The smallest absolute Gasteiger partial charge is 0.195 e. The topological polar surface area (TPSA) is 47.8 Å². The number of carbonyl (C=O) groups excluding carboxylic acids is 1. The number of halogens is 1. The molecule has 0 saturated heterocycles. The fourth-order valence-corrected chi connectivity index (χ4v) is 3.69. The predicted octanol–water partition coefficient (Wildman–Crippen LogP) is 5.09. The van der Waals surface area contributed by atoms with Gasteiger partial charge in [0.2, 0.25) is 0 Å². The SMILES string of the molecule is Cc1nnc(SCCCC(=O)c2ccc(Br)cc2)n1-c1ccccc1. The summed E-state index contributed by atoms with van der Waals surface area (Å²) in [5.74, 6) is 1.86. The summed E-state index contributed by atoms with van der Waals surface area (Å²) in [7, 11) is 0. The minimum absolute atomic E-state index is 0.175. The number of benzene rings is 2. The summed E-state index contributed by atoms with van der Waals surface area (Å²) in [5, 5.41) is 9.31. The minimum Gasteiger partial charge on any atom is -0.294 e. The highest BCUT2D eigenvalue weighted by molar-refractivity contribution is 9.10. The maximum Gasteiger partial charge on any atom is 0.195 e. The van der Waals surface area contributed by atoms with Crippen molar-refractivity contribution in [3.05, 3.63) is 70.5 Å². The molecular formula is C19H18BrN3OS. The molecule has 0 spiro atoms. The Bertz CT molecular complexity index is 847. The van der Waals surface area contributed by atoms with E-state index >= 15 is 0 Å². The van der Waals surface area contributed by atoms with Crippen molar-refractivity contribution in [2.45, 2.75) is 24.9 Å². The van der Waals surface area contributed by atoms with Gasteiger partial charge in [0, 0.05) is 27.9 Å². The molecule has 0 amide bonds. The third kappa shape index (κ3) is 4.58. The number of rotatable bonds is 7. The van der Waals surface area contributed by atoms with Crippen LogP contribution in [-0.4, -0.2) is 26.3 Å². The Balaban J connectivity index is 1.56. The average molecular weight is 416 g/mol. The van der Waals surface area contributed by atoms with Crippen molar-refractivity contribution in [1.82, 2.24) is 14.8 Å². The van der Waals surface area contributed by atoms with Gasteiger partial charge in [0.05, 0.1) is 0 Å². The predicted molar refractivity (Wildman–Crippen MR) is 105 cm³/mol. The highest BCUT2D eigenvalue weighted by Crippen LogP contribution is 2.23. The maximum atomic E-state index is 12.2. The first-order chi connectivity index (χ1) is 12.1. The molecule has 1 aromatic heterocycles. The number of aromatic nitrogens is 3. The zero-order valence-electron chi connectivity index (χ0n) is 13.9. The van der Waals surface area contributed by atoms with E-state index in [1.807, 2.05) is 66.1 Å². The van der Waals surface area contributed by atoms with E-state index in [0.717, 1.165) is 38.9 Å². The fraction of sp³-hybridized carbons (Fsp3) is 0.211. The van der Waals surface area contributed by atoms with Gasteiger partial charge in [-0.1, -0.05) is 58.0 Å². The van der Waals surface area contributed by atoms with Crippen LogP contribution in [0.25, 0.3) is 5.69 Å². The number of para-hydroxylation sites is 1. The van der Waals surface area contributed by atoms with Crippen LogP contribution in [0.4, 0.5) is 0 Å². The molecule has 4 nitrogen and oxygen atoms in total. The number of Topliss-reactive ketones (excluding diaryl/α,β-unsaturated/α-hetero) is 1. The van der Waals surface area contributed by atoms with Crippen LogP contribution >= 0.6 is 27.7 Å². The molecule has 0 radical (unpaired) electrons. The van der Waals surface area contributed by atoms with E-state index in [1.165, 1.54) is 0 Å². The van der Waals surface area contributed by atoms with Gasteiger partial charge in [0.25, 0.3) is 0 Å². The Morgan fingerprint density at radius 3 is 2.52 bits per heavy atom. The third-order valence-corrected chi connectivity index (χ3v) is 5.30. The van der Waals surface area contributed by atoms with Crippen molar-refractivity contribution >= 4 is 33.5 Å². The van der Waals surface area contributed by atoms with Crippen LogP contribution < -0.4 is 0 Å².